The quantitative estimate of drug-likeness (QED) is 0.369. The molecular weight excluding hydrogens is 242 g/mol. The third kappa shape index (κ3) is 6.70. The van der Waals surface area contributed by atoms with Crippen LogP contribution in [0.15, 0.2) is 36.0 Å². The summed E-state index contributed by atoms with van der Waals surface area (Å²) >= 11 is 0. The molecule has 0 atom stereocenters. The number of hydrogen-bond donors (Lipinski definition) is 0. The molecule has 0 unspecified atom stereocenters. The SMILES string of the molecule is C=C(C)/C(F)=C\C(=C/F)CCCCC1CCCCC1. The standard InChI is InChI=1S/C17H26F2/c1-14(2)17(19)12-16(13-18)11-7-6-10-15-8-4-3-5-9-15/h12-13,15H,1,3-11H2,2H3/b16-13-,17-12+. The van der Waals surface area contributed by atoms with E-state index in [0.29, 0.717) is 23.9 Å². The Hall–Kier alpha value is -0.920. The first-order chi connectivity index (χ1) is 9.13. The van der Waals surface area contributed by atoms with E-state index >= 15 is 0 Å². The highest BCUT2D eigenvalue weighted by Gasteiger charge is 2.12. The van der Waals surface area contributed by atoms with Crippen molar-refractivity contribution < 1.29 is 8.78 Å². The number of hydrogen-bond acceptors (Lipinski definition) is 0. The number of unbranched alkanes of at least 4 members (excludes halogenated alkanes) is 1. The molecule has 0 aromatic rings. The lowest BCUT2D eigenvalue weighted by Crippen LogP contribution is -2.05. The number of halogens is 2. The fourth-order valence-corrected chi connectivity index (χ4v) is 2.68. The van der Waals surface area contributed by atoms with Crippen molar-refractivity contribution in [2.75, 3.05) is 0 Å². The molecule has 0 heterocycles. The van der Waals surface area contributed by atoms with E-state index in [1.807, 2.05) is 0 Å². The lowest BCUT2D eigenvalue weighted by molar-refractivity contribution is 0.330. The van der Waals surface area contributed by atoms with Gasteiger partial charge in [0, 0.05) is 0 Å². The zero-order valence-electron chi connectivity index (χ0n) is 12.1. The minimum absolute atomic E-state index is 0.349. The molecule has 108 valence electrons. The molecule has 0 aromatic carbocycles. The van der Waals surface area contributed by atoms with Crippen molar-refractivity contribution in [1.29, 1.82) is 0 Å². The molecule has 0 amide bonds. The predicted octanol–water partition coefficient (Wildman–Crippen LogP) is 6.41. The van der Waals surface area contributed by atoms with Crippen LogP contribution in [0.3, 0.4) is 0 Å². The van der Waals surface area contributed by atoms with Crippen LogP contribution in [0, 0.1) is 5.92 Å². The largest absolute Gasteiger partial charge is 0.215 e. The van der Waals surface area contributed by atoms with Crippen molar-refractivity contribution in [2.45, 2.75) is 64.7 Å². The highest BCUT2D eigenvalue weighted by Crippen LogP contribution is 2.28. The number of allylic oxidation sites excluding steroid dienone is 4. The summed E-state index contributed by atoms with van der Waals surface area (Å²) in [4.78, 5) is 0. The van der Waals surface area contributed by atoms with Gasteiger partial charge in [-0.1, -0.05) is 51.5 Å². The Morgan fingerprint density at radius 2 is 1.89 bits per heavy atom. The van der Waals surface area contributed by atoms with Crippen LogP contribution in [0.25, 0.3) is 0 Å². The van der Waals surface area contributed by atoms with E-state index < -0.39 is 5.83 Å². The van der Waals surface area contributed by atoms with Crippen molar-refractivity contribution in [2.24, 2.45) is 5.92 Å². The molecule has 0 N–H and O–H groups in total. The van der Waals surface area contributed by atoms with Gasteiger partial charge in [0.1, 0.15) is 5.83 Å². The molecule has 0 nitrogen and oxygen atoms in total. The molecule has 0 aliphatic heterocycles. The van der Waals surface area contributed by atoms with E-state index in [1.54, 1.807) is 6.92 Å². The average molecular weight is 268 g/mol. The summed E-state index contributed by atoms with van der Waals surface area (Å²) in [5, 5.41) is 0. The maximum atomic E-state index is 13.3. The molecule has 1 aliphatic carbocycles. The summed E-state index contributed by atoms with van der Waals surface area (Å²) in [5.41, 5.74) is 0.783. The topological polar surface area (TPSA) is 0 Å². The van der Waals surface area contributed by atoms with E-state index in [4.69, 9.17) is 0 Å². The number of rotatable bonds is 7. The summed E-state index contributed by atoms with van der Waals surface area (Å²) in [7, 11) is 0. The Kier molecular flexibility index (Phi) is 7.69. The summed E-state index contributed by atoms with van der Waals surface area (Å²) in [6.07, 6.45) is 12.5. The van der Waals surface area contributed by atoms with Gasteiger partial charge in [-0.2, -0.15) is 0 Å². The van der Waals surface area contributed by atoms with Gasteiger partial charge >= 0.3 is 0 Å². The molecule has 1 aliphatic rings. The molecule has 0 aromatic heterocycles. The Labute approximate surface area is 116 Å². The lowest BCUT2D eigenvalue weighted by Gasteiger charge is -2.21. The molecular formula is C17H26F2. The van der Waals surface area contributed by atoms with Crippen molar-refractivity contribution >= 4 is 0 Å². The Morgan fingerprint density at radius 1 is 1.21 bits per heavy atom. The molecule has 2 heteroatoms. The van der Waals surface area contributed by atoms with E-state index in [1.165, 1.54) is 44.6 Å². The molecule has 1 fully saturated rings. The third-order valence-electron chi connectivity index (χ3n) is 3.91. The lowest BCUT2D eigenvalue weighted by atomic mass is 9.85. The van der Waals surface area contributed by atoms with Crippen LogP contribution in [-0.4, -0.2) is 0 Å². The minimum Gasteiger partial charge on any atom is -0.215 e. The van der Waals surface area contributed by atoms with E-state index in [9.17, 15) is 8.78 Å². The highest BCUT2D eigenvalue weighted by molar-refractivity contribution is 5.29. The molecule has 1 rings (SSSR count). The second-order valence-electron chi connectivity index (χ2n) is 5.71. The van der Waals surface area contributed by atoms with Gasteiger partial charge in [-0.15, -0.1) is 0 Å². The van der Waals surface area contributed by atoms with Crippen molar-refractivity contribution in [3.8, 4) is 0 Å². The third-order valence-corrected chi connectivity index (χ3v) is 3.91. The van der Waals surface area contributed by atoms with Crippen LogP contribution in [0.5, 0.6) is 0 Å². The molecule has 0 spiro atoms. The molecule has 0 saturated heterocycles. The predicted molar refractivity (Wildman–Crippen MR) is 78.2 cm³/mol. The van der Waals surface area contributed by atoms with Gasteiger partial charge in [-0.05, 0) is 42.9 Å². The second kappa shape index (κ2) is 9.06. The fourth-order valence-electron chi connectivity index (χ4n) is 2.68. The van der Waals surface area contributed by atoms with Crippen LogP contribution < -0.4 is 0 Å². The van der Waals surface area contributed by atoms with E-state index in [-0.39, 0.29) is 0 Å². The maximum Gasteiger partial charge on any atom is 0.125 e. The average Bonchev–Trinajstić information content (AvgIpc) is 2.43. The van der Waals surface area contributed by atoms with Crippen LogP contribution in [-0.2, 0) is 0 Å². The van der Waals surface area contributed by atoms with E-state index in [0.717, 1.165) is 18.8 Å². The van der Waals surface area contributed by atoms with Gasteiger partial charge in [0.2, 0.25) is 0 Å². The summed E-state index contributed by atoms with van der Waals surface area (Å²) in [6.45, 7) is 5.10. The normalized spacial score (nSPS) is 18.7. The Bertz CT molecular complexity index is 333. The second-order valence-corrected chi connectivity index (χ2v) is 5.71. The van der Waals surface area contributed by atoms with Crippen LogP contribution in [0.1, 0.15) is 64.7 Å². The molecule has 0 bridgehead atoms. The van der Waals surface area contributed by atoms with Gasteiger partial charge < -0.3 is 0 Å². The van der Waals surface area contributed by atoms with Crippen molar-refractivity contribution in [3.63, 3.8) is 0 Å². The molecule has 1 saturated carbocycles. The summed E-state index contributed by atoms with van der Waals surface area (Å²) in [5.74, 6) is 0.449. The molecule has 19 heavy (non-hydrogen) atoms. The van der Waals surface area contributed by atoms with Gasteiger partial charge in [-0.25, -0.2) is 8.78 Å². The van der Waals surface area contributed by atoms with Crippen LogP contribution in [0.2, 0.25) is 0 Å². The van der Waals surface area contributed by atoms with Gasteiger partial charge in [0.25, 0.3) is 0 Å². The summed E-state index contributed by atoms with van der Waals surface area (Å²) < 4.78 is 26.0. The van der Waals surface area contributed by atoms with Crippen LogP contribution in [0.4, 0.5) is 8.78 Å². The smallest absolute Gasteiger partial charge is 0.125 e. The Morgan fingerprint density at radius 3 is 2.47 bits per heavy atom. The van der Waals surface area contributed by atoms with Gasteiger partial charge in [-0.3, -0.25) is 0 Å². The monoisotopic (exact) mass is 268 g/mol. The summed E-state index contributed by atoms with van der Waals surface area (Å²) in [6, 6.07) is 0. The zero-order chi connectivity index (χ0) is 14.1. The zero-order valence-corrected chi connectivity index (χ0v) is 12.1. The fraction of sp³-hybridized carbons (Fsp3) is 0.647. The first-order valence-electron chi connectivity index (χ1n) is 7.46. The minimum atomic E-state index is -0.420. The first kappa shape index (κ1) is 16.1. The van der Waals surface area contributed by atoms with Gasteiger partial charge in [0.05, 0.1) is 6.33 Å². The maximum absolute atomic E-state index is 13.3. The van der Waals surface area contributed by atoms with Gasteiger partial charge in [0.15, 0.2) is 0 Å². The highest BCUT2D eigenvalue weighted by atomic mass is 19.1. The Balaban J connectivity index is 2.23. The van der Waals surface area contributed by atoms with Crippen molar-refractivity contribution in [1.82, 2.24) is 0 Å². The van der Waals surface area contributed by atoms with E-state index in [2.05, 4.69) is 6.58 Å². The first-order valence-corrected chi connectivity index (χ1v) is 7.46. The molecule has 0 radical (unpaired) electrons. The van der Waals surface area contributed by atoms with Crippen LogP contribution >= 0.6 is 0 Å². The van der Waals surface area contributed by atoms with Crippen molar-refractivity contribution in [3.05, 3.63) is 36.0 Å².